The molecule has 0 bridgehead atoms. The van der Waals surface area contributed by atoms with Crippen molar-refractivity contribution in [1.82, 2.24) is 5.32 Å². The third-order valence-electron chi connectivity index (χ3n) is 2.96. The van der Waals surface area contributed by atoms with Gasteiger partial charge in [0.15, 0.2) is 0 Å². The van der Waals surface area contributed by atoms with Crippen LogP contribution >= 0.6 is 0 Å². The molecule has 3 nitrogen and oxygen atoms in total. The predicted octanol–water partition coefficient (Wildman–Crippen LogP) is 1.20. The van der Waals surface area contributed by atoms with Crippen LogP contribution in [0, 0.1) is 0 Å². The molecule has 1 fully saturated rings. The minimum Gasteiger partial charge on any atom is -0.383 e. The van der Waals surface area contributed by atoms with Gasteiger partial charge in [-0.25, -0.2) is 0 Å². The molecule has 1 heterocycles. The molecule has 0 aromatic carbocycles. The second-order valence-corrected chi connectivity index (χ2v) is 4.23. The van der Waals surface area contributed by atoms with Crippen molar-refractivity contribution in [3.8, 4) is 0 Å². The lowest BCUT2D eigenvalue weighted by Gasteiger charge is -2.28. The molecular weight excluding hydrogens is 164 g/mol. The lowest BCUT2D eigenvalue weighted by molar-refractivity contribution is 0.185. The molecule has 13 heavy (non-hydrogen) atoms. The first-order valence-electron chi connectivity index (χ1n) is 4.84. The molecule has 3 heteroatoms. The third-order valence-corrected chi connectivity index (χ3v) is 2.96. The monoisotopic (exact) mass is 180 g/mol. The van der Waals surface area contributed by atoms with Gasteiger partial charge in [-0.15, -0.1) is 0 Å². The lowest BCUT2D eigenvalue weighted by atomic mass is 9.99. The van der Waals surface area contributed by atoms with Crippen molar-refractivity contribution in [2.45, 2.75) is 44.2 Å². The summed E-state index contributed by atoms with van der Waals surface area (Å²) in [6, 6.07) is 0. The highest BCUT2D eigenvalue weighted by molar-refractivity contribution is 5.72. The highest BCUT2D eigenvalue weighted by atomic mass is 16.3. The van der Waals surface area contributed by atoms with Crippen molar-refractivity contribution < 1.29 is 5.11 Å². The summed E-state index contributed by atoms with van der Waals surface area (Å²) in [4.78, 5) is 4.31. The van der Waals surface area contributed by atoms with Gasteiger partial charge in [-0.2, -0.15) is 0 Å². The van der Waals surface area contributed by atoms with E-state index in [4.69, 9.17) is 0 Å². The predicted molar refractivity (Wildman–Crippen MR) is 52.6 cm³/mol. The number of aliphatic hydroxyl groups is 1. The van der Waals surface area contributed by atoms with E-state index in [-0.39, 0.29) is 5.54 Å². The molecular formula is C10H16N2O. The Kier molecular flexibility index (Phi) is 1.74. The van der Waals surface area contributed by atoms with Crippen LogP contribution < -0.4 is 5.32 Å². The molecule has 2 rings (SSSR count). The maximum absolute atomic E-state index is 9.77. The number of rotatable bonds is 2. The average Bonchev–Trinajstić information content (AvgIpc) is 2.86. The zero-order valence-corrected chi connectivity index (χ0v) is 8.17. The topological polar surface area (TPSA) is 44.6 Å². The highest BCUT2D eigenvalue weighted by Crippen LogP contribution is 2.42. The number of aliphatic imine (C=N–C) groups is 1. The summed E-state index contributed by atoms with van der Waals surface area (Å²) in [5.41, 5.74) is 0.145. The molecule has 1 aliphatic heterocycles. The zero-order chi connectivity index (χ0) is 9.53. The average molecular weight is 180 g/mol. The molecule has 2 N–H and O–H groups in total. The number of nitrogens with zero attached hydrogens (tertiary/aromatic N) is 1. The Bertz CT molecular complexity index is 279. The first-order chi connectivity index (χ1) is 6.08. The lowest BCUT2D eigenvalue weighted by Crippen LogP contribution is -2.43. The summed E-state index contributed by atoms with van der Waals surface area (Å²) >= 11 is 0. The molecule has 1 saturated carbocycles. The van der Waals surface area contributed by atoms with E-state index in [2.05, 4.69) is 24.2 Å². The minimum absolute atomic E-state index is 0.0330. The van der Waals surface area contributed by atoms with Crippen molar-refractivity contribution in [3.05, 3.63) is 11.9 Å². The maximum atomic E-state index is 9.77. The van der Waals surface area contributed by atoms with E-state index in [1.54, 1.807) is 0 Å². The van der Waals surface area contributed by atoms with Gasteiger partial charge in [0, 0.05) is 12.4 Å². The quantitative estimate of drug-likeness (QED) is 0.670. The third kappa shape index (κ3) is 1.48. The van der Waals surface area contributed by atoms with E-state index in [9.17, 15) is 5.11 Å². The zero-order valence-electron chi connectivity index (χ0n) is 8.17. The number of hydrogen-bond donors (Lipinski definition) is 2. The van der Waals surface area contributed by atoms with Crippen LogP contribution in [0.15, 0.2) is 16.9 Å². The van der Waals surface area contributed by atoms with E-state index in [1.165, 1.54) is 0 Å². The van der Waals surface area contributed by atoms with Crippen LogP contribution in [0.2, 0.25) is 0 Å². The van der Waals surface area contributed by atoms with Crippen LogP contribution in [0.4, 0.5) is 0 Å². The Labute approximate surface area is 78.6 Å². The van der Waals surface area contributed by atoms with Crippen LogP contribution in [-0.2, 0) is 0 Å². The van der Waals surface area contributed by atoms with Crippen molar-refractivity contribution in [2.24, 2.45) is 4.99 Å². The van der Waals surface area contributed by atoms with E-state index in [0.29, 0.717) is 0 Å². The summed E-state index contributed by atoms with van der Waals surface area (Å²) in [7, 11) is 0. The van der Waals surface area contributed by atoms with Crippen molar-refractivity contribution >= 4 is 6.21 Å². The molecule has 0 saturated heterocycles. The smallest absolute Gasteiger partial charge is 0.108 e. The van der Waals surface area contributed by atoms with E-state index >= 15 is 0 Å². The van der Waals surface area contributed by atoms with Crippen LogP contribution in [-0.4, -0.2) is 22.5 Å². The summed E-state index contributed by atoms with van der Waals surface area (Å²) in [6.07, 6.45) is 6.45. The van der Waals surface area contributed by atoms with Crippen LogP contribution in [0.25, 0.3) is 0 Å². The highest BCUT2D eigenvalue weighted by Gasteiger charge is 2.45. The molecule has 0 aromatic rings. The molecule has 0 aromatic heterocycles. The fourth-order valence-corrected chi connectivity index (χ4v) is 1.34. The van der Waals surface area contributed by atoms with Gasteiger partial charge in [-0.05, 0) is 26.2 Å². The van der Waals surface area contributed by atoms with Crippen LogP contribution in [0.5, 0.6) is 0 Å². The summed E-state index contributed by atoms with van der Waals surface area (Å²) in [5, 5.41) is 13.0. The summed E-state index contributed by atoms with van der Waals surface area (Å²) in [5.74, 6) is 0. The van der Waals surface area contributed by atoms with E-state index < -0.39 is 5.60 Å². The second-order valence-electron chi connectivity index (χ2n) is 4.23. The summed E-state index contributed by atoms with van der Waals surface area (Å²) < 4.78 is 0. The van der Waals surface area contributed by atoms with Crippen molar-refractivity contribution in [1.29, 1.82) is 0 Å². The summed E-state index contributed by atoms with van der Waals surface area (Å²) in [6.45, 7) is 4.21. The first-order valence-corrected chi connectivity index (χ1v) is 4.84. The fourth-order valence-electron chi connectivity index (χ4n) is 1.34. The Morgan fingerprint density at radius 1 is 1.62 bits per heavy atom. The molecule has 0 amide bonds. The van der Waals surface area contributed by atoms with Gasteiger partial charge in [0.05, 0.1) is 11.2 Å². The Morgan fingerprint density at radius 3 is 2.69 bits per heavy atom. The van der Waals surface area contributed by atoms with Gasteiger partial charge in [0.1, 0.15) is 5.60 Å². The second kappa shape index (κ2) is 2.58. The molecule has 0 radical (unpaired) electrons. The largest absolute Gasteiger partial charge is 0.383 e. The van der Waals surface area contributed by atoms with Crippen molar-refractivity contribution in [2.75, 3.05) is 0 Å². The molecule has 72 valence electrons. The van der Waals surface area contributed by atoms with Gasteiger partial charge in [-0.1, -0.05) is 6.92 Å². The van der Waals surface area contributed by atoms with E-state index in [1.807, 2.05) is 12.4 Å². The Morgan fingerprint density at radius 2 is 2.31 bits per heavy atom. The first kappa shape index (κ1) is 8.75. The molecule has 1 atom stereocenters. The molecule has 0 spiro atoms. The van der Waals surface area contributed by atoms with Crippen molar-refractivity contribution in [3.63, 3.8) is 0 Å². The van der Waals surface area contributed by atoms with Gasteiger partial charge in [-0.3, -0.25) is 4.99 Å². The Hall–Kier alpha value is -0.830. The SMILES string of the molecule is CCC1(C)C=NC(C2(O)CC2)=CN1. The van der Waals surface area contributed by atoms with Gasteiger partial charge < -0.3 is 10.4 Å². The fraction of sp³-hybridized carbons (Fsp3) is 0.700. The molecule has 1 unspecified atom stereocenters. The van der Waals surface area contributed by atoms with Crippen LogP contribution in [0.3, 0.4) is 0 Å². The van der Waals surface area contributed by atoms with Gasteiger partial charge in [0.25, 0.3) is 0 Å². The molecule has 2 aliphatic rings. The Balaban J connectivity index is 2.10. The minimum atomic E-state index is -0.613. The van der Waals surface area contributed by atoms with Gasteiger partial charge in [0.2, 0.25) is 0 Å². The normalized spacial score (nSPS) is 35.2. The van der Waals surface area contributed by atoms with E-state index in [0.717, 1.165) is 25.0 Å². The standard InChI is InChI=1S/C10H16N2O/c1-3-9(2)7-11-8(6-12-9)10(13)4-5-10/h6-7,12-13H,3-5H2,1-2H3. The van der Waals surface area contributed by atoms with Crippen LogP contribution in [0.1, 0.15) is 33.1 Å². The van der Waals surface area contributed by atoms with Gasteiger partial charge >= 0.3 is 0 Å². The number of nitrogens with one attached hydrogen (secondary N) is 1. The number of hydrogen-bond acceptors (Lipinski definition) is 3. The molecule has 1 aliphatic carbocycles. The maximum Gasteiger partial charge on any atom is 0.108 e.